The van der Waals surface area contributed by atoms with Crippen LogP contribution in [0.2, 0.25) is 0 Å². The second-order valence-corrected chi connectivity index (χ2v) is 4.63. The lowest BCUT2D eigenvalue weighted by atomic mass is 10.0. The Morgan fingerprint density at radius 1 is 0.750 bits per heavy atom. The van der Waals surface area contributed by atoms with Crippen molar-refractivity contribution >= 4 is 0 Å². The number of aromatic nitrogens is 4. The van der Waals surface area contributed by atoms with E-state index in [0.29, 0.717) is 0 Å². The minimum atomic E-state index is -1.46. The van der Waals surface area contributed by atoms with Crippen molar-refractivity contribution in [2.75, 3.05) is 0 Å². The van der Waals surface area contributed by atoms with Crippen molar-refractivity contribution in [3.63, 3.8) is 0 Å². The smallest absolute Gasteiger partial charge is 0.110 e. The molecule has 2 rings (SSSR count). The van der Waals surface area contributed by atoms with Crippen LogP contribution in [-0.2, 0) is 13.1 Å². The van der Waals surface area contributed by atoms with Crippen molar-refractivity contribution in [1.82, 2.24) is 19.1 Å². The summed E-state index contributed by atoms with van der Waals surface area (Å²) < 4.78 is 3.14. The van der Waals surface area contributed by atoms with Gasteiger partial charge in [0.1, 0.15) is 24.4 Å². The summed E-state index contributed by atoms with van der Waals surface area (Å²) in [5.41, 5.74) is 0. The molecule has 0 unspecified atom stereocenters. The average Bonchev–Trinajstić information content (AvgIpc) is 3.10. The number of hydrogen-bond donors (Lipinski definition) is 4. The first kappa shape index (κ1) is 14.7. The molecular formula is C12H18N4O4. The first-order chi connectivity index (χ1) is 9.58. The van der Waals surface area contributed by atoms with Gasteiger partial charge in [-0.25, -0.2) is 9.97 Å². The van der Waals surface area contributed by atoms with Crippen LogP contribution in [0.15, 0.2) is 37.4 Å². The molecule has 0 saturated heterocycles. The Morgan fingerprint density at radius 3 is 1.45 bits per heavy atom. The maximum atomic E-state index is 9.87. The van der Waals surface area contributed by atoms with E-state index in [2.05, 4.69) is 9.97 Å². The van der Waals surface area contributed by atoms with Gasteiger partial charge >= 0.3 is 0 Å². The molecule has 2 aromatic heterocycles. The average molecular weight is 282 g/mol. The van der Waals surface area contributed by atoms with Crippen molar-refractivity contribution in [2.45, 2.75) is 37.5 Å². The molecule has 0 amide bonds. The Hall–Kier alpha value is -1.74. The fourth-order valence-corrected chi connectivity index (χ4v) is 1.89. The van der Waals surface area contributed by atoms with Crippen LogP contribution < -0.4 is 0 Å². The third-order valence-corrected chi connectivity index (χ3v) is 3.05. The molecule has 8 nitrogen and oxygen atoms in total. The molecule has 0 aromatic carbocycles. The molecule has 0 aliphatic rings. The molecule has 0 spiro atoms. The van der Waals surface area contributed by atoms with Crippen molar-refractivity contribution in [1.29, 1.82) is 0 Å². The fraction of sp³-hybridized carbons (Fsp3) is 0.500. The van der Waals surface area contributed by atoms with Crippen LogP contribution in [0.3, 0.4) is 0 Å². The molecule has 0 fully saturated rings. The van der Waals surface area contributed by atoms with Crippen LogP contribution in [-0.4, -0.2) is 63.9 Å². The van der Waals surface area contributed by atoms with E-state index in [1.54, 1.807) is 33.9 Å². The van der Waals surface area contributed by atoms with Crippen LogP contribution in [0, 0.1) is 0 Å². The minimum absolute atomic E-state index is 0.0794. The molecule has 4 N–H and O–H groups in total. The van der Waals surface area contributed by atoms with Gasteiger partial charge < -0.3 is 29.6 Å². The van der Waals surface area contributed by atoms with Gasteiger partial charge in [0.2, 0.25) is 0 Å². The third kappa shape index (κ3) is 3.64. The summed E-state index contributed by atoms with van der Waals surface area (Å²) >= 11 is 0. The molecule has 0 radical (unpaired) electrons. The topological polar surface area (TPSA) is 117 Å². The van der Waals surface area contributed by atoms with E-state index in [-0.39, 0.29) is 13.1 Å². The zero-order valence-electron chi connectivity index (χ0n) is 10.8. The van der Waals surface area contributed by atoms with Gasteiger partial charge in [-0.05, 0) is 0 Å². The maximum Gasteiger partial charge on any atom is 0.110 e. The van der Waals surface area contributed by atoms with Crippen molar-refractivity contribution in [3.05, 3.63) is 37.4 Å². The molecule has 2 heterocycles. The maximum absolute atomic E-state index is 9.87. The molecule has 2 aromatic rings. The summed E-state index contributed by atoms with van der Waals surface area (Å²) in [5.74, 6) is 0. The highest BCUT2D eigenvalue weighted by molar-refractivity contribution is 4.85. The second kappa shape index (κ2) is 6.62. The van der Waals surface area contributed by atoms with Crippen LogP contribution in [0.4, 0.5) is 0 Å². The zero-order chi connectivity index (χ0) is 14.5. The third-order valence-electron chi connectivity index (χ3n) is 3.05. The summed E-state index contributed by atoms with van der Waals surface area (Å²) in [5, 5.41) is 39.4. The number of aliphatic hydroxyl groups is 4. The fourth-order valence-electron chi connectivity index (χ4n) is 1.89. The minimum Gasteiger partial charge on any atom is -0.388 e. The van der Waals surface area contributed by atoms with Gasteiger partial charge in [0, 0.05) is 24.8 Å². The highest BCUT2D eigenvalue weighted by Crippen LogP contribution is 2.09. The van der Waals surface area contributed by atoms with E-state index in [1.165, 1.54) is 12.7 Å². The van der Waals surface area contributed by atoms with Gasteiger partial charge in [-0.15, -0.1) is 0 Å². The molecule has 20 heavy (non-hydrogen) atoms. The zero-order valence-corrected chi connectivity index (χ0v) is 10.8. The normalized spacial score (nSPS) is 17.6. The Balaban J connectivity index is 1.88. The van der Waals surface area contributed by atoms with Crippen LogP contribution >= 0.6 is 0 Å². The summed E-state index contributed by atoms with van der Waals surface area (Å²) in [6.07, 6.45) is 3.98. The lowest BCUT2D eigenvalue weighted by Gasteiger charge is -2.26. The van der Waals surface area contributed by atoms with E-state index in [1.807, 2.05) is 0 Å². The van der Waals surface area contributed by atoms with Crippen LogP contribution in [0.25, 0.3) is 0 Å². The highest BCUT2D eigenvalue weighted by atomic mass is 16.4. The quantitative estimate of drug-likeness (QED) is 0.477. The van der Waals surface area contributed by atoms with E-state index >= 15 is 0 Å². The Bertz CT molecular complexity index is 441. The number of nitrogens with zero attached hydrogens (tertiary/aromatic N) is 4. The molecule has 0 aliphatic carbocycles. The van der Waals surface area contributed by atoms with Gasteiger partial charge in [0.25, 0.3) is 0 Å². The first-order valence-electron chi connectivity index (χ1n) is 6.21. The van der Waals surface area contributed by atoms with Crippen LogP contribution in [0.5, 0.6) is 0 Å². The van der Waals surface area contributed by atoms with Gasteiger partial charge in [0.15, 0.2) is 0 Å². The van der Waals surface area contributed by atoms with Gasteiger partial charge in [0.05, 0.1) is 25.7 Å². The standard InChI is InChI=1S/C12H18N4O4/c17-9(5-15-3-1-13-7-15)11(19)12(20)10(18)6-16-4-2-14-8-16/h1-4,7-12,17-20H,5-6H2/t9-,10-,11-,12-/m1/s1. The van der Waals surface area contributed by atoms with E-state index < -0.39 is 24.4 Å². The number of aliphatic hydroxyl groups excluding tert-OH is 4. The highest BCUT2D eigenvalue weighted by Gasteiger charge is 2.30. The van der Waals surface area contributed by atoms with Crippen molar-refractivity contribution < 1.29 is 20.4 Å². The first-order valence-corrected chi connectivity index (χ1v) is 6.21. The molecule has 110 valence electrons. The molecule has 4 atom stereocenters. The molecular weight excluding hydrogens is 264 g/mol. The predicted molar refractivity (Wildman–Crippen MR) is 68.5 cm³/mol. The summed E-state index contributed by atoms with van der Waals surface area (Å²) in [6, 6.07) is 0. The Labute approximate surface area is 115 Å². The number of imidazole rings is 2. The van der Waals surface area contributed by atoms with Crippen molar-refractivity contribution in [2.24, 2.45) is 0 Å². The number of rotatable bonds is 7. The SMILES string of the molecule is O[C@@H]([C@H](O)[C@H](O)Cn1ccnc1)[C@H](O)Cn1ccnc1. The lowest BCUT2D eigenvalue weighted by Crippen LogP contribution is -2.47. The molecule has 8 heteroatoms. The predicted octanol–water partition coefficient (Wildman–Crippen LogP) is -1.78. The number of hydrogen-bond acceptors (Lipinski definition) is 6. The van der Waals surface area contributed by atoms with Gasteiger partial charge in [-0.2, -0.15) is 0 Å². The Morgan fingerprint density at radius 2 is 1.15 bits per heavy atom. The van der Waals surface area contributed by atoms with Crippen LogP contribution in [0.1, 0.15) is 0 Å². The molecule has 0 saturated carbocycles. The Kier molecular flexibility index (Phi) is 4.85. The summed E-state index contributed by atoms with van der Waals surface area (Å²) in [4.78, 5) is 7.63. The molecule has 0 bridgehead atoms. The monoisotopic (exact) mass is 282 g/mol. The second-order valence-electron chi connectivity index (χ2n) is 4.63. The van der Waals surface area contributed by atoms with E-state index in [4.69, 9.17) is 0 Å². The van der Waals surface area contributed by atoms with Crippen molar-refractivity contribution in [3.8, 4) is 0 Å². The van der Waals surface area contributed by atoms with E-state index in [0.717, 1.165) is 0 Å². The lowest BCUT2D eigenvalue weighted by molar-refractivity contribution is -0.111. The molecule has 0 aliphatic heterocycles. The van der Waals surface area contributed by atoms with Gasteiger partial charge in [-0.3, -0.25) is 0 Å². The summed E-state index contributed by atoms with van der Waals surface area (Å²) in [7, 11) is 0. The summed E-state index contributed by atoms with van der Waals surface area (Å²) in [6.45, 7) is 0.159. The largest absolute Gasteiger partial charge is 0.388 e. The van der Waals surface area contributed by atoms with E-state index in [9.17, 15) is 20.4 Å². The van der Waals surface area contributed by atoms with Gasteiger partial charge in [-0.1, -0.05) is 0 Å².